The van der Waals surface area contributed by atoms with Gasteiger partial charge in [0.2, 0.25) is 0 Å². The molecule has 1 aliphatic carbocycles. The van der Waals surface area contributed by atoms with Gasteiger partial charge in [-0.1, -0.05) is 0 Å². The van der Waals surface area contributed by atoms with E-state index in [9.17, 15) is 4.79 Å². The number of amides is 1. The highest BCUT2D eigenvalue weighted by atomic mass is 16.1. The van der Waals surface area contributed by atoms with Gasteiger partial charge in [-0.05, 0) is 24.8 Å². The van der Waals surface area contributed by atoms with Crippen molar-refractivity contribution in [1.29, 1.82) is 0 Å². The third kappa shape index (κ3) is 1.79. The van der Waals surface area contributed by atoms with Gasteiger partial charge in [0.05, 0.1) is 11.7 Å². The number of fused-ring (bicyclic) bond motifs is 3. The second-order valence-corrected chi connectivity index (χ2v) is 5.42. The molecule has 6 heteroatoms. The lowest BCUT2D eigenvalue weighted by atomic mass is 10.0. The van der Waals surface area contributed by atoms with Gasteiger partial charge in [0.15, 0.2) is 0 Å². The number of rotatable bonds is 2. The van der Waals surface area contributed by atoms with Gasteiger partial charge in [-0.25, -0.2) is 9.97 Å². The highest BCUT2D eigenvalue weighted by Crippen LogP contribution is 2.31. The lowest BCUT2D eigenvalue weighted by Crippen LogP contribution is -2.44. The summed E-state index contributed by atoms with van der Waals surface area (Å²) in [4.78, 5) is 20.4. The van der Waals surface area contributed by atoms with Crippen LogP contribution in [-0.2, 0) is 0 Å². The molecule has 0 aromatic carbocycles. The number of nitrogens with zero attached hydrogens (tertiary/aromatic N) is 3. The summed E-state index contributed by atoms with van der Waals surface area (Å²) in [5.41, 5.74) is 1.35. The lowest BCUT2D eigenvalue weighted by Gasteiger charge is -2.23. The summed E-state index contributed by atoms with van der Waals surface area (Å²) in [6.45, 7) is 1.02. The number of aromatic nitrogens is 3. The van der Waals surface area contributed by atoms with Crippen molar-refractivity contribution >= 4 is 11.4 Å². The summed E-state index contributed by atoms with van der Waals surface area (Å²) in [6.07, 6.45) is 7.23. The Morgan fingerprint density at radius 1 is 1.42 bits per heavy atom. The Balaban J connectivity index is 1.53. The Kier molecular flexibility index (Phi) is 2.32. The first-order valence-corrected chi connectivity index (χ1v) is 6.61. The van der Waals surface area contributed by atoms with Gasteiger partial charge in [-0.2, -0.15) is 0 Å². The molecule has 0 unspecified atom stereocenters. The molecule has 4 rings (SSSR count). The van der Waals surface area contributed by atoms with Gasteiger partial charge in [0.25, 0.3) is 5.91 Å². The molecule has 1 saturated carbocycles. The Bertz CT molecular complexity index is 637. The summed E-state index contributed by atoms with van der Waals surface area (Å²) in [5.74, 6) is 0.494. The molecule has 2 bridgehead atoms. The number of carbonyl (C=O) groups excluding carboxylic acids is 1. The number of imidazole rings is 1. The number of hydrogen-bond acceptors (Lipinski definition) is 4. The van der Waals surface area contributed by atoms with Crippen molar-refractivity contribution < 1.29 is 4.79 Å². The Labute approximate surface area is 110 Å². The minimum Gasteiger partial charge on any atom is -0.348 e. The largest absolute Gasteiger partial charge is 0.348 e. The van der Waals surface area contributed by atoms with E-state index < -0.39 is 0 Å². The smallest absolute Gasteiger partial charge is 0.270 e. The molecule has 1 saturated heterocycles. The molecule has 0 radical (unpaired) electrons. The third-order valence-electron chi connectivity index (χ3n) is 4.21. The van der Waals surface area contributed by atoms with E-state index >= 15 is 0 Å². The van der Waals surface area contributed by atoms with Crippen LogP contribution >= 0.6 is 0 Å². The van der Waals surface area contributed by atoms with E-state index in [1.807, 2.05) is 0 Å². The second kappa shape index (κ2) is 4.03. The summed E-state index contributed by atoms with van der Waals surface area (Å²) in [5, 5.41) is 6.55. The fraction of sp³-hybridized carbons (Fsp3) is 0.462. The zero-order valence-electron chi connectivity index (χ0n) is 10.4. The number of piperidine rings is 1. The van der Waals surface area contributed by atoms with Gasteiger partial charge in [0, 0.05) is 18.6 Å². The molecule has 3 heterocycles. The Morgan fingerprint density at radius 2 is 2.37 bits per heavy atom. The van der Waals surface area contributed by atoms with Gasteiger partial charge in [0.1, 0.15) is 18.3 Å². The van der Waals surface area contributed by atoms with Crippen molar-refractivity contribution in [2.75, 3.05) is 6.54 Å². The van der Waals surface area contributed by atoms with Crippen LogP contribution in [0, 0.1) is 5.92 Å². The van der Waals surface area contributed by atoms with E-state index in [2.05, 4.69) is 20.6 Å². The first-order chi connectivity index (χ1) is 9.29. The van der Waals surface area contributed by atoms with Crippen molar-refractivity contribution in [3.8, 4) is 0 Å². The Hall–Kier alpha value is -1.95. The first-order valence-electron chi connectivity index (χ1n) is 6.61. The molecule has 3 atom stereocenters. The summed E-state index contributed by atoms with van der Waals surface area (Å²) in [6, 6.07) is 2.65. The van der Waals surface area contributed by atoms with Crippen molar-refractivity contribution in [3.63, 3.8) is 0 Å². The van der Waals surface area contributed by atoms with E-state index in [-0.39, 0.29) is 5.91 Å². The number of hydrogen-bond donors (Lipinski definition) is 2. The Morgan fingerprint density at radius 3 is 3.16 bits per heavy atom. The SMILES string of the molecule is O=C(N[C@@H]1C[C@@H]2C[C@@H]1CN2)c1cc2cncn2cn1. The molecule has 0 spiro atoms. The van der Waals surface area contributed by atoms with Crippen molar-refractivity contribution in [2.24, 2.45) is 5.92 Å². The summed E-state index contributed by atoms with van der Waals surface area (Å²) in [7, 11) is 0. The van der Waals surface area contributed by atoms with Crippen LogP contribution in [0.3, 0.4) is 0 Å². The summed E-state index contributed by atoms with van der Waals surface area (Å²) >= 11 is 0. The highest BCUT2D eigenvalue weighted by molar-refractivity contribution is 5.93. The van der Waals surface area contributed by atoms with Crippen LogP contribution in [0.15, 0.2) is 24.9 Å². The minimum atomic E-state index is -0.0822. The quantitative estimate of drug-likeness (QED) is 0.807. The van der Waals surface area contributed by atoms with Gasteiger partial charge < -0.3 is 10.6 Å². The maximum atomic E-state index is 12.2. The van der Waals surface area contributed by atoms with E-state index in [1.165, 1.54) is 6.42 Å². The molecule has 2 fully saturated rings. The van der Waals surface area contributed by atoms with Crippen molar-refractivity contribution in [3.05, 3.63) is 30.6 Å². The van der Waals surface area contributed by atoms with Crippen LogP contribution < -0.4 is 10.6 Å². The van der Waals surface area contributed by atoms with E-state index in [0.29, 0.717) is 23.7 Å². The monoisotopic (exact) mass is 257 g/mol. The number of carbonyl (C=O) groups is 1. The molecule has 98 valence electrons. The first kappa shape index (κ1) is 10.9. The molecule has 1 amide bonds. The van der Waals surface area contributed by atoms with Gasteiger partial charge in [-0.3, -0.25) is 9.20 Å². The minimum absolute atomic E-state index is 0.0822. The van der Waals surface area contributed by atoms with Gasteiger partial charge >= 0.3 is 0 Å². The molecule has 2 N–H and O–H groups in total. The molecule has 2 aromatic heterocycles. The van der Waals surface area contributed by atoms with Crippen LogP contribution in [0.4, 0.5) is 0 Å². The molecule has 2 aliphatic rings. The fourth-order valence-corrected chi connectivity index (χ4v) is 3.20. The van der Waals surface area contributed by atoms with E-state index in [0.717, 1.165) is 18.5 Å². The normalized spacial score (nSPS) is 28.9. The lowest BCUT2D eigenvalue weighted by molar-refractivity contribution is 0.0920. The van der Waals surface area contributed by atoms with Crippen LogP contribution in [0.25, 0.3) is 5.52 Å². The molecular weight excluding hydrogens is 242 g/mol. The third-order valence-corrected chi connectivity index (χ3v) is 4.21. The van der Waals surface area contributed by atoms with Crippen molar-refractivity contribution in [2.45, 2.75) is 24.9 Å². The van der Waals surface area contributed by atoms with Crippen LogP contribution in [0.2, 0.25) is 0 Å². The topological polar surface area (TPSA) is 71.3 Å². The number of nitrogens with one attached hydrogen (secondary N) is 2. The molecule has 6 nitrogen and oxygen atoms in total. The zero-order chi connectivity index (χ0) is 12.8. The van der Waals surface area contributed by atoms with E-state index in [4.69, 9.17) is 0 Å². The van der Waals surface area contributed by atoms with E-state index in [1.54, 1.807) is 29.3 Å². The second-order valence-electron chi connectivity index (χ2n) is 5.42. The average Bonchev–Trinajstić information content (AvgIpc) is 3.13. The zero-order valence-corrected chi connectivity index (χ0v) is 10.4. The standard InChI is InChI=1S/C13H15N5O/c19-13(17-11-2-9-1-8(11)4-15-9)12-3-10-5-14-6-18(10)7-16-12/h3,5-9,11,15H,1-2,4H2,(H,17,19)/t8-,9+,11-/m1/s1. The molecular formula is C13H15N5O. The maximum absolute atomic E-state index is 12.2. The molecule has 2 aromatic rings. The molecule has 19 heavy (non-hydrogen) atoms. The predicted octanol–water partition coefficient (Wildman–Crippen LogP) is 0.209. The fourth-order valence-electron chi connectivity index (χ4n) is 3.20. The van der Waals surface area contributed by atoms with Crippen molar-refractivity contribution in [1.82, 2.24) is 25.0 Å². The van der Waals surface area contributed by atoms with Crippen LogP contribution in [0.5, 0.6) is 0 Å². The van der Waals surface area contributed by atoms with Crippen LogP contribution in [-0.4, -0.2) is 38.9 Å². The summed E-state index contributed by atoms with van der Waals surface area (Å²) < 4.78 is 1.79. The average molecular weight is 257 g/mol. The molecule has 1 aliphatic heterocycles. The predicted molar refractivity (Wildman–Crippen MR) is 68.8 cm³/mol. The highest BCUT2D eigenvalue weighted by Gasteiger charge is 2.40. The van der Waals surface area contributed by atoms with Crippen LogP contribution in [0.1, 0.15) is 23.3 Å². The maximum Gasteiger partial charge on any atom is 0.270 e. The van der Waals surface area contributed by atoms with Gasteiger partial charge in [-0.15, -0.1) is 0 Å².